The molecule has 0 radical (unpaired) electrons. The highest BCUT2D eigenvalue weighted by Crippen LogP contribution is 2.42. The first-order chi connectivity index (χ1) is 14.8. The van der Waals surface area contributed by atoms with Crippen molar-refractivity contribution in [1.82, 2.24) is 15.1 Å². The second-order valence-corrected chi connectivity index (χ2v) is 8.55. The molecule has 3 aromatic rings. The molecule has 1 aliphatic carbocycles. The van der Waals surface area contributed by atoms with Crippen LogP contribution in [-0.4, -0.2) is 40.2 Å². The van der Waals surface area contributed by atoms with E-state index in [0.717, 1.165) is 35.1 Å². The van der Waals surface area contributed by atoms with E-state index in [-0.39, 0.29) is 17.9 Å². The van der Waals surface area contributed by atoms with Crippen molar-refractivity contribution in [2.45, 2.75) is 44.2 Å². The van der Waals surface area contributed by atoms with Gasteiger partial charge in [-0.3, -0.25) is 4.79 Å². The van der Waals surface area contributed by atoms with Crippen molar-refractivity contribution in [3.05, 3.63) is 54.5 Å². The van der Waals surface area contributed by atoms with E-state index >= 15 is 0 Å². The molecule has 2 aromatic carbocycles. The summed E-state index contributed by atoms with van der Waals surface area (Å²) in [7, 11) is 0. The third kappa shape index (κ3) is 3.75. The highest BCUT2D eigenvalue weighted by molar-refractivity contribution is 5.85. The van der Waals surface area contributed by atoms with Crippen LogP contribution in [0.3, 0.4) is 0 Å². The van der Waals surface area contributed by atoms with Crippen LogP contribution in [0.4, 0.5) is 18.9 Å². The van der Waals surface area contributed by atoms with E-state index in [9.17, 15) is 18.0 Å². The van der Waals surface area contributed by atoms with E-state index < -0.39 is 11.8 Å². The quantitative estimate of drug-likeness (QED) is 0.660. The van der Waals surface area contributed by atoms with E-state index in [0.29, 0.717) is 25.8 Å². The number of aromatic nitrogens is 2. The fraction of sp³-hybridized carbons (Fsp3) is 0.391. The number of fused-ring (bicyclic) bond motifs is 1. The highest BCUT2D eigenvalue weighted by Gasteiger charge is 2.46. The standard InChI is InChI=1S/C23H23F3N4O/c1-23(25,26)22(31)28-19-10-11-29(21(19)14-2-3-14)18-8-9-20-15(12-18)13-27-30(20)17-6-4-16(24)5-7-17/h4-9,12-14,19,21H,2-3,10-11H2,1H3,(H,28,31)/t19-,21+/m0/s1. The number of carbonyl (C=O) groups excluding carboxylic acids is 1. The van der Waals surface area contributed by atoms with Gasteiger partial charge in [0.15, 0.2) is 0 Å². The molecular formula is C23H23F3N4O. The van der Waals surface area contributed by atoms with E-state index in [1.807, 2.05) is 18.2 Å². The molecule has 1 saturated carbocycles. The molecule has 2 aliphatic rings. The maximum atomic E-state index is 13.4. The van der Waals surface area contributed by atoms with E-state index in [1.165, 1.54) is 12.1 Å². The van der Waals surface area contributed by atoms with Gasteiger partial charge in [-0.1, -0.05) is 0 Å². The molecule has 5 nitrogen and oxygen atoms in total. The molecule has 5 rings (SSSR count). The predicted molar refractivity (Wildman–Crippen MR) is 112 cm³/mol. The van der Waals surface area contributed by atoms with Gasteiger partial charge in [0.1, 0.15) is 5.82 Å². The lowest BCUT2D eigenvalue weighted by molar-refractivity contribution is -0.143. The van der Waals surface area contributed by atoms with Crippen molar-refractivity contribution in [2.24, 2.45) is 5.92 Å². The molecule has 0 bridgehead atoms. The smallest absolute Gasteiger partial charge is 0.321 e. The number of alkyl halides is 2. The van der Waals surface area contributed by atoms with Gasteiger partial charge in [0.25, 0.3) is 5.91 Å². The summed E-state index contributed by atoms with van der Waals surface area (Å²) in [5, 5.41) is 7.96. The van der Waals surface area contributed by atoms with Gasteiger partial charge in [-0.25, -0.2) is 9.07 Å². The topological polar surface area (TPSA) is 50.2 Å². The summed E-state index contributed by atoms with van der Waals surface area (Å²) in [4.78, 5) is 14.1. The number of hydrogen-bond donors (Lipinski definition) is 1. The second kappa shape index (κ2) is 7.28. The maximum Gasteiger partial charge on any atom is 0.321 e. The first-order valence-electron chi connectivity index (χ1n) is 10.5. The van der Waals surface area contributed by atoms with E-state index in [4.69, 9.17) is 0 Å². The highest BCUT2D eigenvalue weighted by atomic mass is 19.3. The zero-order chi connectivity index (χ0) is 21.8. The number of amides is 1. The maximum absolute atomic E-state index is 13.4. The monoisotopic (exact) mass is 428 g/mol. The average molecular weight is 428 g/mol. The van der Waals surface area contributed by atoms with Crippen LogP contribution in [0.1, 0.15) is 26.2 Å². The lowest BCUT2D eigenvalue weighted by Gasteiger charge is -2.31. The minimum atomic E-state index is -3.38. The van der Waals surface area contributed by atoms with Gasteiger partial charge >= 0.3 is 5.92 Å². The Bertz CT molecular complexity index is 1120. The molecule has 2 atom stereocenters. The van der Waals surface area contributed by atoms with Crippen LogP contribution in [0, 0.1) is 11.7 Å². The van der Waals surface area contributed by atoms with Crippen LogP contribution in [0.25, 0.3) is 16.6 Å². The first kappa shape index (κ1) is 19.9. The fourth-order valence-electron chi connectivity index (χ4n) is 4.58. The van der Waals surface area contributed by atoms with Gasteiger partial charge in [-0.15, -0.1) is 0 Å². The Morgan fingerprint density at radius 1 is 1.10 bits per heavy atom. The van der Waals surface area contributed by atoms with Crippen LogP contribution in [-0.2, 0) is 4.79 Å². The normalized spacial score (nSPS) is 21.6. The Balaban J connectivity index is 1.42. The molecule has 0 spiro atoms. The van der Waals surface area contributed by atoms with Crippen LogP contribution < -0.4 is 10.2 Å². The molecule has 0 unspecified atom stereocenters. The Hall–Kier alpha value is -3.03. The summed E-state index contributed by atoms with van der Waals surface area (Å²) in [6.45, 7) is 1.33. The van der Waals surface area contributed by atoms with Crippen molar-refractivity contribution in [3.8, 4) is 5.69 Å². The van der Waals surface area contributed by atoms with Gasteiger partial charge in [-0.2, -0.15) is 13.9 Å². The molecule has 1 aliphatic heterocycles. The molecule has 8 heteroatoms. The second-order valence-electron chi connectivity index (χ2n) is 8.55. The largest absolute Gasteiger partial charge is 0.366 e. The number of nitrogens with zero attached hydrogens (tertiary/aromatic N) is 3. The molecule has 1 N–H and O–H groups in total. The number of rotatable bonds is 5. The molecular weight excluding hydrogens is 405 g/mol. The Labute approximate surface area is 177 Å². The summed E-state index contributed by atoms with van der Waals surface area (Å²) in [5.74, 6) is -4.49. The number of halogens is 3. The van der Waals surface area contributed by atoms with Gasteiger partial charge in [0.05, 0.1) is 29.5 Å². The molecule has 2 fully saturated rings. The first-order valence-corrected chi connectivity index (χ1v) is 10.5. The van der Waals surface area contributed by atoms with Gasteiger partial charge in [-0.05, 0) is 67.6 Å². The number of carbonyl (C=O) groups is 1. The van der Waals surface area contributed by atoms with Crippen molar-refractivity contribution in [3.63, 3.8) is 0 Å². The van der Waals surface area contributed by atoms with Crippen LogP contribution in [0.5, 0.6) is 0 Å². The Morgan fingerprint density at radius 3 is 2.48 bits per heavy atom. The number of benzene rings is 2. The molecule has 31 heavy (non-hydrogen) atoms. The van der Waals surface area contributed by atoms with E-state index in [2.05, 4.69) is 15.3 Å². The van der Waals surface area contributed by atoms with Gasteiger partial charge < -0.3 is 10.2 Å². The summed E-state index contributed by atoms with van der Waals surface area (Å²) < 4.78 is 41.8. The van der Waals surface area contributed by atoms with Crippen molar-refractivity contribution >= 4 is 22.5 Å². The Kier molecular flexibility index (Phi) is 4.68. The minimum Gasteiger partial charge on any atom is -0.366 e. The SMILES string of the molecule is CC(F)(F)C(=O)N[C@H]1CCN(c2ccc3c(cnn3-c3ccc(F)cc3)c2)[C@@H]1C1CC1. The van der Waals surface area contributed by atoms with Crippen molar-refractivity contribution < 1.29 is 18.0 Å². The van der Waals surface area contributed by atoms with Crippen molar-refractivity contribution in [1.29, 1.82) is 0 Å². The number of nitrogens with one attached hydrogen (secondary N) is 1. The third-order valence-electron chi connectivity index (χ3n) is 6.23. The minimum absolute atomic E-state index is 0.0101. The predicted octanol–water partition coefficient (Wildman–Crippen LogP) is 4.29. The summed E-state index contributed by atoms with van der Waals surface area (Å²) >= 11 is 0. The van der Waals surface area contributed by atoms with Crippen LogP contribution >= 0.6 is 0 Å². The summed E-state index contributed by atoms with van der Waals surface area (Å²) in [6, 6.07) is 11.9. The fourth-order valence-corrected chi connectivity index (χ4v) is 4.58. The molecule has 1 saturated heterocycles. The van der Waals surface area contributed by atoms with Gasteiger partial charge in [0, 0.05) is 24.5 Å². The van der Waals surface area contributed by atoms with Crippen LogP contribution in [0.2, 0.25) is 0 Å². The Morgan fingerprint density at radius 2 is 1.81 bits per heavy atom. The summed E-state index contributed by atoms with van der Waals surface area (Å²) in [6.07, 6.45) is 4.48. The zero-order valence-corrected chi connectivity index (χ0v) is 17.1. The molecule has 162 valence electrons. The number of anilines is 1. The van der Waals surface area contributed by atoms with Crippen molar-refractivity contribution in [2.75, 3.05) is 11.4 Å². The molecule has 2 heterocycles. The molecule has 1 aromatic heterocycles. The lowest BCUT2D eigenvalue weighted by Crippen LogP contribution is -2.50. The molecule has 1 amide bonds. The summed E-state index contributed by atoms with van der Waals surface area (Å²) in [5.41, 5.74) is 2.65. The zero-order valence-electron chi connectivity index (χ0n) is 17.1. The van der Waals surface area contributed by atoms with E-state index in [1.54, 1.807) is 23.0 Å². The number of hydrogen-bond acceptors (Lipinski definition) is 3. The van der Waals surface area contributed by atoms with Crippen LogP contribution in [0.15, 0.2) is 48.7 Å². The lowest BCUT2D eigenvalue weighted by atomic mass is 10.0. The third-order valence-corrected chi connectivity index (χ3v) is 6.23. The average Bonchev–Trinajstić information content (AvgIpc) is 3.35. The van der Waals surface area contributed by atoms with Gasteiger partial charge in [0.2, 0.25) is 0 Å².